The van der Waals surface area contributed by atoms with Crippen LogP contribution in [-0.4, -0.2) is 4.57 Å². The second kappa shape index (κ2) is 16.5. The van der Waals surface area contributed by atoms with Crippen molar-refractivity contribution in [2.24, 2.45) is 0 Å². The Hall–Kier alpha value is -7.68. The molecule has 0 N–H and O–H groups in total. The smallest absolute Gasteiger partial charge is 0.0539 e. The van der Waals surface area contributed by atoms with Gasteiger partial charge in [0.1, 0.15) is 0 Å². The first-order valence-corrected chi connectivity index (χ1v) is 25.2. The molecule has 0 radical (unpaired) electrons. The van der Waals surface area contributed by atoms with Gasteiger partial charge in [-0.15, -0.1) is 0 Å². The van der Waals surface area contributed by atoms with Gasteiger partial charge < -0.3 is 9.47 Å². The molecule has 8 aromatic rings. The summed E-state index contributed by atoms with van der Waals surface area (Å²) in [5.74, 6) is 0. The third kappa shape index (κ3) is 6.60. The highest BCUT2D eigenvalue weighted by Crippen LogP contribution is 2.56. The van der Waals surface area contributed by atoms with Gasteiger partial charge >= 0.3 is 0 Å². The van der Waals surface area contributed by atoms with E-state index >= 15 is 0 Å². The number of hydrogen-bond donors (Lipinski definition) is 0. The van der Waals surface area contributed by atoms with E-state index < -0.39 is 0 Å². The second-order valence-electron chi connectivity index (χ2n) is 20.1. The summed E-state index contributed by atoms with van der Waals surface area (Å²) in [5.41, 5.74) is 24.5. The molecule has 7 aromatic carbocycles. The summed E-state index contributed by atoms with van der Waals surface area (Å²) in [7, 11) is 0. The zero-order valence-electron chi connectivity index (χ0n) is 39.6. The van der Waals surface area contributed by atoms with Gasteiger partial charge in [-0.1, -0.05) is 178 Å². The third-order valence-corrected chi connectivity index (χ3v) is 16.0. The highest BCUT2D eigenvalue weighted by atomic mass is 15.1. The van der Waals surface area contributed by atoms with Crippen LogP contribution in [0.1, 0.15) is 85.0 Å². The fourth-order valence-corrected chi connectivity index (χ4v) is 12.7. The first kappa shape index (κ1) is 41.5. The topological polar surface area (TPSA) is 8.17 Å². The minimum atomic E-state index is -0.318. The number of rotatable bonds is 7. The molecule has 1 atom stereocenters. The molecular formula is C67H56N2. The standard InChI is InChI=1S/C67H56N2/c1-66(2)59-29-16-13-25-54(59)55-43-42-53(44-61(55)66)68(51-38-34-46(35-39-51)47-36-40-52(41-37-47)69-62-31-17-14-26-56(62)57-27-15-18-32-63(57)69)64-33-19-20-48-45-67(50-23-9-5-10-24-50,49-21-7-3-4-8-22-49)60-30-12-6-11-28-58(60)65(48)64/h5-7,9-14,16-26,29-44H,3-4,8,15,27-28,45H2,1-2H3. The summed E-state index contributed by atoms with van der Waals surface area (Å²) in [5, 5.41) is 1.36. The summed E-state index contributed by atoms with van der Waals surface area (Å²) in [6.07, 6.45) is 28.7. The molecule has 5 aliphatic carbocycles. The molecule has 1 aromatic heterocycles. The van der Waals surface area contributed by atoms with Crippen molar-refractivity contribution < 1.29 is 0 Å². The Labute approximate surface area is 407 Å². The first-order chi connectivity index (χ1) is 34.0. The molecule has 0 amide bonds. The van der Waals surface area contributed by atoms with Crippen molar-refractivity contribution in [3.8, 4) is 27.9 Å². The van der Waals surface area contributed by atoms with E-state index in [1.165, 1.54) is 112 Å². The van der Waals surface area contributed by atoms with Crippen LogP contribution in [0.25, 0.3) is 50.5 Å². The van der Waals surface area contributed by atoms with Crippen LogP contribution in [-0.2, 0) is 23.7 Å². The SMILES string of the molecule is CC1(C)c2ccccc2-c2ccc(N(c3ccc(-c4ccc(-n5c6c(c7ccccc75)CCC=C6)cc4)cc3)c3cccc4c3C3=C(C=CC=CC3)C(C3=CCCCC=C3)(c3ccccc3)C4)cc21. The van der Waals surface area contributed by atoms with Crippen molar-refractivity contribution in [3.63, 3.8) is 0 Å². The monoisotopic (exact) mass is 888 g/mol. The minimum Gasteiger partial charge on any atom is -0.310 e. The van der Waals surface area contributed by atoms with E-state index in [1.54, 1.807) is 0 Å². The number of fused-ring (bicyclic) bond motifs is 8. The van der Waals surface area contributed by atoms with Crippen LogP contribution in [0.2, 0.25) is 0 Å². The van der Waals surface area contributed by atoms with E-state index in [1.807, 2.05) is 0 Å². The molecule has 0 saturated carbocycles. The number of allylic oxidation sites excluding steroid dienone is 11. The van der Waals surface area contributed by atoms with Crippen molar-refractivity contribution in [3.05, 3.63) is 263 Å². The van der Waals surface area contributed by atoms with Crippen molar-refractivity contribution in [1.29, 1.82) is 0 Å². The fourth-order valence-electron chi connectivity index (χ4n) is 12.7. The average Bonchev–Trinajstić information content (AvgIpc) is 3.56. The van der Waals surface area contributed by atoms with E-state index in [9.17, 15) is 0 Å². The highest BCUT2D eigenvalue weighted by molar-refractivity contribution is 5.95. The predicted molar refractivity (Wildman–Crippen MR) is 291 cm³/mol. The van der Waals surface area contributed by atoms with E-state index in [4.69, 9.17) is 0 Å². The third-order valence-electron chi connectivity index (χ3n) is 16.0. The molecule has 0 spiro atoms. The maximum Gasteiger partial charge on any atom is 0.0539 e. The zero-order chi connectivity index (χ0) is 46.1. The lowest BCUT2D eigenvalue weighted by Gasteiger charge is -2.44. The molecule has 0 fully saturated rings. The van der Waals surface area contributed by atoms with Crippen LogP contribution < -0.4 is 4.90 Å². The molecule has 0 aliphatic heterocycles. The summed E-state index contributed by atoms with van der Waals surface area (Å²) >= 11 is 0. The van der Waals surface area contributed by atoms with Gasteiger partial charge in [0.2, 0.25) is 0 Å². The van der Waals surface area contributed by atoms with Crippen LogP contribution >= 0.6 is 0 Å². The van der Waals surface area contributed by atoms with Gasteiger partial charge in [-0.3, -0.25) is 0 Å². The molecule has 1 heterocycles. The number of para-hydroxylation sites is 1. The predicted octanol–water partition coefficient (Wildman–Crippen LogP) is 17.5. The van der Waals surface area contributed by atoms with Crippen molar-refractivity contribution in [1.82, 2.24) is 4.57 Å². The molecule has 1 unspecified atom stereocenters. The van der Waals surface area contributed by atoms with Gasteiger partial charge in [0.05, 0.1) is 11.2 Å². The van der Waals surface area contributed by atoms with Crippen molar-refractivity contribution in [2.75, 3.05) is 4.90 Å². The average molecular weight is 889 g/mol. The number of hydrogen-bond acceptors (Lipinski definition) is 1. The number of nitrogens with zero attached hydrogens (tertiary/aromatic N) is 2. The van der Waals surface area contributed by atoms with Crippen molar-refractivity contribution in [2.45, 2.75) is 69.6 Å². The van der Waals surface area contributed by atoms with E-state index in [2.05, 4.69) is 242 Å². The quantitative estimate of drug-likeness (QED) is 0.155. The van der Waals surface area contributed by atoms with Gasteiger partial charge in [0, 0.05) is 44.5 Å². The van der Waals surface area contributed by atoms with Gasteiger partial charge in [-0.2, -0.15) is 0 Å². The zero-order valence-corrected chi connectivity index (χ0v) is 39.6. The lowest BCUT2D eigenvalue weighted by Crippen LogP contribution is -2.37. The highest BCUT2D eigenvalue weighted by Gasteiger charge is 2.45. The molecular weight excluding hydrogens is 833 g/mol. The van der Waals surface area contributed by atoms with E-state index in [0.29, 0.717) is 0 Å². The number of aryl methyl sites for hydroxylation is 1. The summed E-state index contributed by atoms with van der Waals surface area (Å²) < 4.78 is 2.44. The molecule has 2 nitrogen and oxygen atoms in total. The van der Waals surface area contributed by atoms with Crippen molar-refractivity contribution >= 4 is 39.6 Å². The Kier molecular flexibility index (Phi) is 9.94. The van der Waals surface area contributed by atoms with Crippen LogP contribution in [0.15, 0.2) is 224 Å². The lowest BCUT2D eigenvalue weighted by molar-refractivity contribution is 0.599. The van der Waals surface area contributed by atoms with Gasteiger partial charge in [-0.05, 0) is 166 Å². The summed E-state index contributed by atoms with van der Waals surface area (Å²) in [6, 6.07) is 62.0. The first-order valence-electron chi connectivity index (χ1n) is 25.2. The van der Waals surface area contributed by atoms with Crippen LogP contribution in [0.5, 0.6) is 0 Å². The summed E-state index contributed by atoms with van der Waals surface area (Å²) in [6.45, 7) is 4.78. The lowest BCUT2D eigenvalue weighted by atomic mass is 9.59. The Morgan fingerprint density at radius 1 is 0.580 bits per heavy atom. The van der Waals surface area contributed by atoms with E-state index in [0.717, 1.165) is 44.2 Å². The molecule has 5 aliphatic rings. The maximum atomic E-state index is 2.56. The normalized spacial score (nSPS) is 18.4. The molecule has 69 heavy (non-hydrogen) atoms. The van der Waals surface area contributed by atoms with Crippen LogP contribution in [0.4, 0.5) is 17.1 Å². The fraction of sp³-hybridized carbons (Fsp3) is 0.164. The molecule has 0 bridgehead atoms. The van der Waals surface area contributed by atoms with Crippen LogP contribution in [0.3, 0.4) is 0 Å². The van der Waals surface area contributed by atoms with Crippen LogP contribution in [0, 0.1) is 0 Å². The number of anilines is 3. The molecule has 0 saturated heterocycles. The van der Waals surface area contributed by atoms with Gasteiger partial charge in [-0.25, -0.2) is 0 Å². The Morgan fingerprint density at radius 2 is 1.33 bits per heavy atom. The van der Waals surface area contributed by atoms with E-state index in [-0.39, 0.29) is 10.8 Å². The number of benzene rings is 7. The Bertz CT molecular complexity index is 3530. The maximum absolute atomic E-state index is 2.56. The molecule has 13 rings (SSSR count). The summed E-state index contributed by atoms with van der Waals surface area (Å²) in [4.78, 5) is 2.56. The second-order valence-corrected chi connectivity index (χ2v) is 20.1. The Morgan fingerprint density at radius 3 is 2.20 bits per heavy atom. The Balaban J connectivity index is 0.965. The minimum absolute atomic E-state index is 0.135. The largest absolute Gasteiger partial charge is 0.310 e. The number of aromatic nitrogens is 1. The van der Waals surface area contributed by atoms with Gasteiger partial charge in [0.15, 0.2) is 0 Å². The molecule has 334 valence electrons. The molecule has 2 heteroatoms. The van der Waals surface area contributed by atoms with Gasteiger partial charge in [0.25, 0.3) is 0 Å².